The molecular formula is C17H27ClN2O. The first-order valence-corrected chi connectivity index (χ1v) is 7.82. The maximum Gasteiger partial charge on any atom is 0.223 e. The zero-order valence-electron chi connectivity index (χ0n) is 12.9. The van der Waals surface area contributed by atoms with Gasteiger partial charge in [0.15, 0.2) is 0 Å². The van der Waals surface area contributed by atoms with Gasteiger partial charge in [-0.1, -0.05) is 37.3 Å². The number of halogens is 1. The summed E-state index contributed by atoms with van der Waals surface area (Å²) in [6.45, 7) is 5.86. The third-order valence-electron chi connectivity index (χ3n) is 3.98. The van der Waals surface area contributed by atoms with E-state index in [0.29, 0.717) is 18.2 Å². The first kappa shape index (κ1) is 18.0. The summed E-state index contributed by atoms with van der Waals surface area (Å²) in [6, 6.07) is 10.3. The summed E-state index contributed by atoms with van der Waals surface area (Å²) in [4.78, 5) is 14.5. The number of piperidine rings is 1. The zero-order chi connectivity index (χ0) is 14.2. The molecule has 1 fully saturated rings. The number of rotatable bonds is 6. The molecule has 1 aliphatic rings. The molecule has 1 heterocycles. The zero-order valence-corrected chi connectivity index (χ0v) is 13.7. The summed E-state index contributed by atoms with van der Waals surface area (Å²) < 4.78 is 0. The van der Waals surface area contributed by atoms with Crippen molar-refractivity contribution in [3.05, 3.63) is 35.9 Å². The molecule has 4 heteroatoms. The van der Waals surface area contributed by atoms with Crippen LogP contribution in [0.25, 0.3) is 0 Å². The fourth-order valence-corrected chi connectivity index (χ4v) is 2.83. The quantitative estimate of drug-likeness (QED) is 0.875. The van der Waals surface area contributed by atoms with Crippen LogP contribution in [0.4, 0.5) is 0 Å². The molecule has 0 bridgehead atoms. The van der Waals surface area contributed by atoms with Gasteiger partial charge in [0.25, 0.3) is 0 Å². The van der Waals surface area contributed by atoms with Gasteiger partial charge in [0.05, 0.1) is 0 Å². The van der Waals surface area contributed by atoms with Crippen molar-refractivity contribution >= 4 is 18.3 Å². The topological polar surface area (TPSA) is 32.3 Å². The maximum atomic E-state index is 12.5. The van der Waals surface area contributed by atoms with Crippen LogP contribution in [-0.4, -0.2) is 30.4 Å². The second kappa shape index (κ2) is 9.80. The highest BCUT2D eigenvalue weighted by atomic mass is 35.5. The van der Waals surface area contributed by atoms with E-state index in [2.05, 4.69) is 24.4 Å². The van der Waals surface area contributed by atoms with E-state index in [1.165, 1.54) is 5.56 Å². The third-order valence-corrected chi connectivity index (χ3v) is 3.98. The summed E-state index contributed by atoms with van der Waals surface area (Å²) in [5.74, 6) is 0.890. The van der Waals surface area contributed by atoms with Gasteiger partial charge >= 0.3 is 0 Å². The molecule has 21 heavy (non-hydrogen) atoms. The number of hydrogen-bond acceptors (Lipinski definition) is 2. The Balaban J connectivity index is 0.00000220. The van der Waals surface area contributed by atoms with E-state index in [9.17, 15) is 4.79 Å². The molecule has 1 N–H and O–H groups in total. The van der Waals surface area contributed by atoms with Crippen LogP contribution < -0.4 is 5.32 Å². The average Bonchev–Trinajstić information content (AvgIpc) is 2.49. The predicted molar refractivity (Wildman–Crippen MR) is 89.6 cm³/mol. The number of amides is 1. The molecule has 1 aliphatic heterocycles. The summed E-state index contributed by atoms with van der Waals surface area (Å²) in [7, 11) is 0. The van der Waals surface area contributed by atoms with Gasteiger partial charge in [-0.25, -0.2) is 0 Å². The average molecular weight is 311 g/mol. The summed E-state index contributed by atoms with van der Waals surface area (Å²) in [6.07, 6.45) is 4.01. The Morgan fingerprint density at radius 2 is 1.90 bits per heavy atom. The van der Waals surface area contributed by atoms with Crippen molar-refractivity contribution in [2.45, 2.75) is 39.2 Å². The van der Waals surface area contributed by atoms with Crippen LogP contribution in [0.5, 0.6) is 0 Å². The van der Waals surface area contributed by atoms with Gasteiger partial charge in [0.1, 0.15) is 0 Å². The molecular weight excluding hydrogens is 284 g/mol. The van der Waals surface area contributed by atoms with Crippen molar-refractivity contribution in [2.24, 2.45) is 5.92 Å². The van der Waals surface area contributed by atoms with E-state index in [1.54, 1.807) is 0 Å². The number of carbonyl (C=O) groups is 1. The maximum absolute atomic E-state index is 12.5. The van der Waals surface area contributed by atoms with Crippen LogP contribution in [0.15, 0.2) is 30.3 Å². The first-order chi connectivity index (χ1) is 9.79. The molecule has 3 nitrogen and oxygen atoms in total. The Bertz CT molecular complexity index is 405. The molecule has 1 aromatic rings. The van der Waals surface area contributed by atoms with Gasteiger partial charge in [-0.15, -0.1) is 12.4 Å². The Labute approximate surface area is 134 Å². The van der Waals surface area contributed by atoms with Crippen molar-refractivity contribution in [2.75, 3.05) is 19.6 Å². The first-order valence-electron chi connectivity index (χ1n) is 7.82. The summed E-state index contributed by atoms with van der Waals surface area (Å²) in [5, 5.41) is 3.36. The highest BCUT2D eigenvalue weighted by molar-refractivity contribution is 5.85. The lowest BCUT2D eigenvalue weighted by Crippen LogP contribution is -2.35. The van der Waals surface area contributed by atoms with Gasteiger partial charge < -0.3 is 10.2 Å². The van der Waals surface area contributed by atoms with Gasteiger partial charge in [-0.05, 0) is 43.8 Å². The number of nitrogens with zero attached hydrogens (tertiary/aromatic N) is 1. The van der Waals surface area contributed by atoms with Gasteiger partial charge in [0, 0.05) is 19.5 Å². The molecule has 1 aromatic carbocycles. The smallest absolute Gasteiger partial charge is 0.223 e. The second-order valence-electron chi connectivity index (χ2n) is 5.70. The highest BCUT2D eigenvalue weighted by Crippen LogP contribution is 2.18. The van der Waals surface area contributed by atoms with E-state index in [1.807, 2.05) is 23.1 Å². The van der Waals surface area contributed by atoms with Gasteiger partial charge in [-0.3, -0.25) is 4.79 Å². The minimum atomic E-state index is 0. The molecule has 1 saturated heterocycles. The number of carbonyl (C=O) groups excluding carboxylic acids is 1. The van der Waals surface area contributed by atoms with Gasteiger partial charge in [-0.2, -0.15) is 0 Å². The number of benzene rings is 1. The predicted octanol–water partition coefficient (Wildman–Crippen LogP) is 3.24. The number of hydrogen-bond donors (Lipinski definition) is 1. The van der Waals surface area contributed by atoms with Crippen LogP contribution in [0.2, 0.25) is 0 Å². The fraction of sp³-hybridized carbons (Fsp3) is 0.588. The minimum Gasteiger partial charge on any atom is -0.338 e. The van der Waals surface area contributed by atoms with Crippen LogP contribution in [0, 0.1) is 5.92 Å². The Kier molecular flexibility index (Phi) is 8.40. The molecule has 0 unspecified atom stereocenters. The standard InChI is InChI=1S/C17H26N2O.ClH/c1-2-12-19(14-16-6-4-3-5-7-16)17(20)13-15-8-10-18-11-9-15;/h3-7,15,18H,2,8-14H2,1H3;1H. The van der Waals surface area contributed by atoms with Crippen molar-refractivity contribution < 1.29 is 4.79 Å². The van der Waals surface area contributed by atoms with Crippen molar-refractivity contribution in [1.29, 1.82) is 0 Å². The van der Waals surface area contributed by atoms with Crippen molar-refractivity contribution in [3.63, 3.8) is 0 Å². The van der Waals surface area contributed by atoms with Crippen LogP contribution in [0.3, 0.4) is 0 Å². The van der Waals surface area contributed by atoms with Gasteiger partial charge in [0.2, 0.25) is 5.91 Å². The lowest BCUT2D eigenvalue weighted by Gasteiger charge is -2.27. The third kappa shape index (κ3) is 6.06. The summed E-state index contributed by atoms with van der Waals surface area (Å²) >= 11 is 0. The normalized spacial score (nSPS) is 15.3. The Morgan fingerprint density at radius 3 is 2.52 bits per heavy atom. The number of nitrogens with one attached hydrogen (secondary N) is 1. The Hall–Kier alpha value is -1.06. The lowest BCUT2D eigenvalue weighted by atomic mass is 9.94. The van der Waals surface area contributed by atoms with E-state index in [-0.39, 0.29) is 12.4 Å². The van der Waals surface area contributed by atoms with Crippen LogP contribution in [0.1, 0.15) is 38.2 Å². The van der Waals surface area contributed by atoms with Crippen LogP contribution in [-0.2, 0) is 11.3 Å². The van der Waals surface area contributed by atoms with E-state index in [4.69, 9.17) is 0 Å². The highest BCUT2D eigenvalue weighted by Gasteiger charge is 2.20. The molecule has 0 atom stereocenters. The van der Waals surface area contributed by atoms with E-state index >= 15 is 0 Å². The largest absolute Gasteiger partial charge is 0.338 e. The molecule has 0 radical (unpaired) electrons. The van der Waals surface area contributed by atoms with Crippen molar-refractivity contribution in [1.82, 2.24) is 10.2 Å². The monoisotopic (exact) mass is 310 g/mol. The molecule has 118 valence electrons. The molecule has 0 spiro atoms. The minimum absolute atomic E-state index is 0. The molecule has 0 saturated carbocycles. The molecule has 0 aliphatic carbocycles. The SMILES string of the molecule is CCCN(Cc1ccccc1)C(=O)CC1CCNCC1.Cl. The van der Waals surface area contributed by atoms with E-state index < -0.39 is 0 Å². The Morgan fingerprint density at radius 1 is 1.24 bits per heavy atom. The molecule has 2 rings (SSSR count). The summed E-state index contributed by atoms with van der Waals surface area (Å²) in [5.41, 5.74) is 1.22. The molecule has 1 amide bonds. The van der Waals surface area contributed by atoms with E-state index in [0.717, 1.165) is 45.4 Å². The fourth-order valence-electron chi connectivity index (χ4n) is 2.83. The lowest BCUT2D eigenvalue weighted by molar-refractivity contribution is -0.133. The van der Waals surface area contributed by atoms with Crippen LogP contribution >= 0.6 is 12.4 Å². The molecule has 0 aromatic heterocycles. The second-order valence-corrected chi connectivity index (χ2v) is 5.70. The van der Waals surface area contributed by atoms with Crippen molar-refractivity contribution in [3.8, 4) is 0 Å².